The van der Waals surface area contributed by atoms with E-state index in [4.69, 9.17) is 0 Å². The van der Waals surface area contributed by atoms with Gasteiger partial charge >= 0.3 is 0 Å². The quantitative estimate of drug-likeness (QED) is 0.837. The molecule has 158 valence electrons. The van der Waals surface area contributed by atoms with Gasteiger partial charge in [0, 0.05) is 57.5 Å². The normalized spacial score (nSPS) is 16.1. The van der Waals surface area contributed by atoms with Crippen molar-refractivity contribution in [3.8, 4) is 0 Å². The molecule has 1 aromatic heterocycles. The Balaban J connectivity index is 1.72. The molecule has 3 amide bonds. The van der Waals surface area contributed by atoms with Gasteiger partial charge in [-0.2, -0.15) is 0 Å². The SMILES string of the molecule is CC(=O)Nc1ccc(C(=O)N2CCCC(c3ncc(C(=O)N(C)C)c(C)n3)C2)cc1. The third-order valence-electron chi connectivity index (χ3n) is 5.16. The number of anilines is 1. The van der Waals surface area contributed by atoms with Crippen LogP contribution in [0.4, 0.5) is 5.69 Å². The number of carbonyl (C=O) groups excluding carboxylic acids is 3. The molecular formula is C22H27N5O3. The van der Waals surface area contributed by atoms with E-state index in [1.807, 2.05) is 11.8 Å². The Morgan fingerprint density at radius 3 is 2.47 bits per heavy atom. The maximum absolute atomic E-state index is 12.9. The fraction of sp³-hybridized carbons (Fsp3) is 0.409. The maximum Gasteiger partial charge on any atom is 0.256 e. The summed E-state index contributed by atoms with van der Waals surface area (Å²) in [6.45, 7) is 4.47. The molecule has 1 fully saturated rings. The van der Waals surface area contributed by atoms with E-state index in [9.17, 15) is 14.4 Å². The number of nitrogens with zero attached hydrogens (tertiary/aromatic N) is 4. The lowest BCUT2D eigenvalue weighted by Gasteiger charge is -2.32. The smallest absolute Gasteiger partial charge is 0.256 e. The van der Waals surface area contributed by atoms with E-state index in [0.717, 1.165) is 12.8 Å². The molecule has 3 rings (SSSR count). The van der Waals surface area contributed by atoms with Gasteiger partial charge in [-0.1, -0.05) is 0 Å². The molecule has 1 saturated heterocycles. The van der Waals surface area contributed by atoms with Crippen molar-refractivity contribution in [2.24, 2.45) is 0 Å². The highest BCUT2D eigenvalue weighted by atomic mass is 16.2. The van der Waals surface area contributed by atoms with Gasteiger partial charge in [0.05, 0.1) is 11.3 Å². The number of aryl methyl sites for hydroxylation is 1. The summed E-state index contributed by atoms with van der Waals surface area (Å²) < 4.78 is 0. The summed E-state index contributed by atoms with van der Waals surface area (Å²) in [6.07, 6.45) is 3.34. The summed E-state index contributed by atoms with van der Waals surface area (Å²) >= 11 is 0. The molecule has 30 heavy (non-hydrogen) atoms. The Morgan fingerprint density at radius 1 is 1.17 bits per heavy atom. The van der Waals surface area contributed by atoms with Crippen LogP contribution in [0.2, 0.25) is 0 Å². The van der Waals surface area contributed by atoms with Crippen molar-refractivity contribution >= 4 is 23.4 Å². The first-order valence-corrected chi connectivity index (χ1v) is 9.98. The van der Waals surface area contributed by atoms with E-state index in [2.05, 4.69) is 15.3 Å². The van der Waals surface area contributed by atoms with E-state index >= 15 is 0 Å². The largest absolute Gasteiger partial charge is 0.345 e. The third-order valence-corrected chi connectivity index (χ3v) is 5.16. The molecular weight excluding hydrogens is 382 g/mol. The van der Waals surface area contributed by atoms with Crippen LogP contribution in [0.25, 0.3) is 0 Å². The van der Waals surface area contributed by atoms with E-state index < -0.39 is 0 Å². The van der Waals surface area contributed by atoms with Crippen LogP contribution < -0.4 is 5.32 Å². The number of rotatable bonds is 4. The lowest BCUT2D eigenvalue weighted by Crippen LogP contribution is -2.39. The first-order chi connectivity index (χ1) is 14.3. The van der Waals surface area contributed by atoms with Gasteiger partial charge in [0.25, 0.3) is 11.8 Å². The van der Waals surface area contributed by atoms with Gasteiger partial charge in [0.15, 0.2) is 0 Å². The average Bonchev–Trinajstić information content (AvgIpc) is 2.73. The van der Waals surface area contributed by atoms with Crippen LogP contribution in [0.5, 0.6) is 0 Å². The molecule has 8 heteroatoms. The molecule has 1 aliphatic heterocycles. The number of carbonyl (C=O) groups is 3. The molecule has 1 N–H and O–H groups in total. The lowest BCUT2D eigenvalue weighted by atomic mass is 9.96. The van der Waals surface area contributed by atoms with Crippen LogP contribution in [0.3, 0.4) is 0 Å². The fourth-order valence-corrected chi connectivity index (χ4v) is 3.59. The first kappa shape index (κ1) is 21.4. The molecule has 0 aliphatic carbocycles. The molecule has 8 nitrogen and oxygen atoms in total. The first-order valence-electron chi connectivity index (χ1n) is 9.98. The Hall–Kier alpha value is -3.29. The van der Waals surface area contributed by atoms with Crippen LogP contribution in [0, 0.1) is 6.92 Å². The molecule has 0 radical (unpaired) electrons. The number of benzene rings is 1. The number of amides is 3. The standard InChI is InChI=1S/C22H27N5O3/c1-14-19(22(30)26(3)4)12-23-20(24-14)17-6-5-11-27(13-17)21(29)16-7-9-18(10-8-16)25-15(2)28/h7-10,12,17H,5-6,11,13H2,1-4H3,(H,25,28). The van der Waals surface area contributed by atoms with E-state index in [1.54, 1.807) is 44.6 Å². The van der Waals surface area contributed by atoms with Crippen molar-refractivity contribution in [2.45, 2.75) is 32.6 Å². The maximum atomic E-state index is 12.9. The van der Waals surface area contributed by atoms with Crippen LogP contribution in [-0.4, -0.2) is 64.7 Å². The van der Waals surface area contributed by atoms with Crippen molar-refractivity contribution < 1.29 is 14.4 Å². The van der Waals surface area contributed by atoms with E-state index in [0.29, 0.717) is 41.4 Å². The number of hydrogen-bond donors (Lipinski definition) is 1. The topological polar surface area (TPSA) is 95.5 Å². The monoisotopic (exact) mass is 409 g/mol. The highest BCUT2D eigenvalue weighted by Gasteiger charge is 2.28. The Labute approximate surface area is 176 Å². The van der Waals surface area contributed by atoms with Crippen LogP contribution >= 0.6 is 0 Å². The van der Waals surface area contributed by atoms with Gasteiger partial charge in [0.2, 0.25) is 5.91 Å². The molecule has 2 heterocycles. The van der Waals surface area contributed by atoms with Crippen LogP contribution in [-0.2, 0) is 4.79 Å². The summed E-state index contributed by atoms with van der Waals surface area (Å²) in [7, 11) is 3.39. The fourth-order valence-electron chi connectivity index (χ4n) is 3.59. The zero-order valence-electron chi connectivity index (χ0n) is 17.8. The summed E-state index contributed by atoms with van der Waals surface area (Å²) in [4.78, 5) is 48.6. The number of aromatic nitrogens is 2. The van der Waals surface area contributed by atoms with Crippen molar-refractivity contribution in [1.29, 1.82) is 0 Å². The van der Waals surface area contributed by atoms with Crippen LogP contribution in [0.1, 0.15) is 57.9 Å². The number of nitrogens with one attached hydrogen (secondary N) is 1. The second kappa shape index (κ2) is 9.02. The Kier molecular flexibility index (Phi) is 6.44. The molecule has 1 aliphatic rings. The molecule has 0 spiro atoms. The predicted octanol–water partition coefficient (Wildman–Crippen LogP) is 2.47. The summed E-state index contributed by atoms with van der Waals surface area (Å²) in [5.74, 6) is 0.374. The Morgan fingerprint density at radius 2 is 1.87 bits per heavy atom. The second-order valence-electron chi connectivity index (χ2n) is 7.78. The minimum absolute atomic E-state index is 0.0311. The highest BCUT2D eigenvalue weighted by molar-refractivity contribution is 5.96. The number of piperidine rings is 1. The lowest BCUT2D eigenvalue weighted by molar-refractivity contribution is -0.114. The van der Waals surface area contributed by atoms with Gasteiger partial charge in [-0.3, -0.25) is 14.4 Å². The van der Waals surface area contributed by atoms with Crippen molar-refractivity contribution in [3.63, 3.8) is 0 Å². The average molecular weight is 409 g/mol. The van der Waals surface area contributed by atoms with Crippen molar-refractivity contribution in [3.05, 3.63) is 53.1 Å². The van der Waals surface area contributed by atoms with Gasteiger partial charge < -0.3 is 15.1 Å². The second-order valence-corrected chi connectivity index (χ2v) is 7.78. The van der Waals surface area contributed by atoms with Gasteiger partial charge in [-0.15, -0.1) is 0 Å². The highest BCUT2D eigenvalue weighted by Crippen LogP contribution is 2.26. The number of likely N-dealkylation sites (tertiary alicyclic amines) is 1. The van der Waals surface area contributed by atoms with E-state index in [-0.39, 0.29) is 23.6 Å². The summed E-state index contributed by atoms with van der Waals surface area (Å²) in [5.41, 5.74) is 2.38. The zero-order valence-corrected chi connectivity index (χ0v) is 17.8. The zero-order chi connectivity index (χ0) is 21.8. The van der Waals surface area contributed by atoms with Crippen molar-refractivity contribution in [2.75, 3.05) is 32.5 Å². The predicted molar refractivity (Wildman–Crippen MR) is 113 cm³/mol. The van der Waals surface area contributed by atoms with E-state index in [1.165, 1.54) is 11.8 Å². The Bertz CT molecular complexity index is 956. The number of hydrogen-bond acceptors (Lipinski definition) is 5. The summed E-state index contributed by atoms with van der Waals surface area (Å²) in [5, 5.41) is 2.70. The molecule has 1 aromatic carbocycles. The molecule has 0 bridgehead atoms. The van der Waals surface area contributed by atoms with Crippen molar-refractivity contribution in [1.82, 2.24) is 19.8 Å². The third kappa shape index (κ3) is 4.82. The molecule has 0 saturated carbocycles. The minimum Gasteiger partial charge on any atom is -0.345 e. The minimum atomic E-state index is -0.151. The van der Waals surface area contributed by atoms with Gasteiger partial charge in [0.1, 0.15) is 5.82 Å². The van der Waals surface area contributed by atoms with Gasteiger partial charge in [-0.05, 0) is 44.0 Å². The molecule has 1 atom stereocenters. The summed E-state index contributed by atoms with van der Waals surface area (Å²) in [6, 6.07) is 6.89. The molecule has 2 aromatic rings. The van der Waals surface area contributed by atoms with Crippen LogP contribution in [0.15, 0.2) is 30.5 Å². The molecule has 1 unspecified atom stereocenters. The van der Waals surface area contributed by atoms with Gasteiger partial charge in [-0.25, -0.2) is 9.97 Å².